The minimum Gasteiger partial charge on any atom is -0.473 e. The van der Waals surface area contributed by atoms with E-state index in [0.717, 1.165) is 73.6 Å². The highest BCUT2D eigenvalue weighted by atomic mass is 35.5. The molecule has 10 heteroatoms. The molecule has 0 unspecified atom stereocenters. The van der Waals surface area contributed by atoms with E-state index in [-0.39, 0.29) is 24.2 Å². The van der Waals surface area contributed by atoms with Crippen LogP contribution in [0.4, 0.5) is 10.1 Å². The molecule has 8 nitrogen and oxygen atoms in total. The summed E-state index contributed by atoms with van der Waals surface area (Å²) in [5.74, 6) is 1.50. The molecule has 1 amide bonds. The highest BCUT2D eigenvalue weighted by molar-refractivity contribution is 6.30. The first kappa shape index (κ1) is 28.6. The maximum Gasteiger partial charge on any atom is 0.227 e. The molecule has 2 aromatic heterocycles. The van der Waals surface area contributed by atoms with Crippen molar-refractivity contribution in [2.75, 3.05) is 31.6 Å². The van der Waals surface area contributed by atoms with Crippen molar-refractivity contribution in [3.8, 4) is 5.88 Å². The molecule has 42 heavy (non-hydrogen) atoms. The van der Waals surface area contributed by atoms with Gasteiger partial charge in [0.05, 0.1) is 17.6 Å². The number of aryl methyl sites for hydroxylation is 1. The number of fused-ring (bicyclic) bond motifs is 1. The second kappa shape index (κ2) is 12.8. The van der Waals surface area contributed by atoms with Crippen molar-refractivity contribution < 1.29 is 18.7 Å². The van der Waals surface area contributed by atoms with E-state index in [2.05, 4.69) is 14.8 Å². The van der Waals surface area contributed by atoms with Crippen molar-refractivity contribution >= 4 is 34.2 Å². The molecule has 2 aliphatic heterocycles. The maximum atomic E-state index is 14.1. The van der Waals surface area contributed by atoms with Crippen LogP contribution < -0.4 is 10.1 Å². The Kier molecular flexibility index (Phi) is 8.69. The maximum absolute atomic E-state index is 14.1. The lowest BCUT2D eigenvalue weighted by Crippen LogP contribution is -2.33. The number of nitrogens with zero attached hydrogens (tertiary/aromatic N) is 4. The highest BCUT2D eigenvalue weighted by Gasteiger charge is 2.24. The van der Waals surface area contributed by atoms with E-state index in [4.69, 9.17) is 31.0 Å². The highest BCUT2D eigenvalue weighted by Crippen LogP contribution is 2.30. The van der Waals surface area contributed by atoms with Crippen LogP contribution in [0, 0.1) is 11.7 Å². The molecule has 2 saturated heterocycles. The van der Waals surface area contributed by atoms with Gasteiger partial charge in [0.15, 0.2) is 0 Å². The molecule has 220 valence electrons. The summed E-state index contributed by atoms with van der Waals surface area (Å²) in [6.45, 7) is 4.00. The van der Waals surface area contributed by atoms with E-state index < -0.39 is 0 Å². The number of hydrogen-bond donors (Lipinski definition) is 1. The molecule has 2 aliphatic rings. The van der Waals surface area contributed by atoms with E-state index in [1.165, 1.54) is 6.07 Å². The summed E-state index contributed by atoms with van der Waals surface area (Å²) in [4.78, 5) is 24.7. The molecule has 0 radical (unpaired) electrons. The first-order valence-corrected chi connectivity index (χ1v) is 14.9. The number of nitrogens with one attached hydrogen (secondary N) is 1. The third kappa shape index (κ3) is 6.59. The zero-order chi connectivity index (χ0) is 29.1. The predicted octanol–water partition coefficient (Wildman–Crippen LogP) is 6.08. The number of likely N-dealkylation sites (tertiary alicyclic amines) is 1. The number of rotatable bonds is 8. The Morgan fingerprint density at radius 2 is 1.88 bits per heavy atom. The van der Waals surface area contributed by atoms with Crippen molar-refractivity contribution in [2.45, 2.75) is 44.8 Å². The Balaban J connectivity index is 1.04. The molecule has 2 aromatic carbocycles. The van der Waals surface area contributed by atoms with Gasteiger partial charge < -0.3 is 19.4 Å². The SMILES string of the molecule is Cn1c(CN2CCC(c3cccc(OCc4ccc(Cl)cc4F)n3)CC2)nc2cc(NC(=O)C3CCOCC3)ccc21. The van der Waals surface area contributed by atoms with Crippen molar-refractivity contribution in [3.63, 3.8) is 0 Å². The van der Waals surface area contributed by atoms with E-state index in [0.29, 0.717) is 35.6 Å². The van der Waals surface area contributed by atoms with Crippen LogP contribution in [0.5, 0.6) is 5.88 Å². The summed E-state index contributed by atoms with van der Waals surface area (Å²) in [6.07, 6.45) is 3.49. The quantitative estimate of drug-likeness (QED) is 0.267. The van der Waals surface area contributed by atoms with E-state index >= 15 is 0 Å². The topological polar surface area (TPSA) is 81.5 Å². The Morgan fingerprint density at radius 1 is 1.07 bits per heavy atom. The van der Waals surface area contributed by atoms with Gasteiger partial charge >= 0.3 is 0 Å². The molecule has 4 aromatic rings. The largest absolute Gasteiger partial charge is 0.473 e. The summed E-state index contributed by atoms with van der Waals surface area (Å²) in [7, 11) is 2.04. The third-order valence-corrected chi connectivity index (χ3v) is 8.57. The lowest BCUT2D eigenvalue weighted by molar-refractivity contribution is -0.122. The molecular weight excluding hydrogens is 557 g/mol. The van der Waals surface area contributed by atoms with Crippen molar-refractivity contribution in [1.82, 2.24) is 19.4 Å². The first-order valence-electron chi connectivity index (χ1n) is 14.5. The normalized spacial score (nSPS) is 17.0. The van der Waals surface area contributed by atoms with E-state index in [9.17, 15) is 9.18 Å². The molecule has 4 heterocycles. The first-order chi connectivity index (χ1) is 20.4. The smallest absolute Gasteiger partial charge is 0.227 e. The molecular formula is C32H35ClFN5O3. The lowest BCUT2D eigenvalue weighted by atomic mass is 9.93. The van der Waals surface area contributed by atoms with Crippen LogP contribution in [0.25, 0.3) is 11.0 Å². The average molecular weight is 592 g/mol. The van der Waals surface area contributed by atoms with Crippen molar-refractivity contribution in [1.29, 1.82) is 0 Å². The monoisotopic (exact) mass is 591 g/mol. The number of ether oxygens (including phenoxy) is 2. The van der Waals surface area contributed by atoms with Crippen molar-refractivity contribution in [2.24, 2.45) is 13.0 Å². The zero-order valence-electron chi connectivity index (χ0n) is 23.7. The molecule has 0 bridgehead atoms. The summed E-state index contributed by atoms with van der Waals surface area (Å²) < 4.78 is 27.4. The number of carbonyl (C=O) groups is 1. The van der Waals surface area contributed by atoms with Gasteiger partial charge in [-0.1, -0.05) is 23.7 Å². The Hall–Kier alpha value is -3.53. The van der Waals surface area contributed by atoms with Gasteiger partial charge in [0.1, 0.15) is 18.2 Å². The van der Waals surface area contributed by atoms with Crippen LogP contribution in [0.1, 0.15) is 48.7 Å². The number of halogens is 2. The molecule has 2 fully saturated rings. The third-order valence-electron chi connectivity index (χ3n) is 8.34. The van der Waals surface area contributed by atoms with Crippen LogP contribution in [-0.4, -0.2) is 51.6 Å². The summed E-state index contributed by atoms with van der Waals surface area (Å²) in [6, 6.07) is 16.3. The number of carbonyl (C=O) groups excluding carboxylic acids is 1. The second-order valence-electron chi connectivity index (χ2n) is 11.1. The van der Waals surface area contributed by atoms with Crippen molar-refractivity contribution in [3.05, 3.63) is 82.5 Å². The minimum absolute atomic E-state index is 0.000744. The van der Waals surface area contributed by atoms with Gasteiger partial charge in [-0.2, -0.15) is 0 Å². The number of piperidine rings is 1. The summed E-state index contributed by atoms with van der Waals surface area (Å²) in [5, 5.41) is 3.43. The van der Waals surface area contributed by atoms with E-state index in [1.807, 2.05) is 37.4 Å². The van der Waals surface area contributed by atoms with Crippen LogP contribution in [-0.2, 0) is 29.7 Å². The number of imidazole rings is 1. The van der Waals surface area contributed by atoms with Crippen LogP contribution in [0.15, 0.2) is 54.6 Å². The van der Waals surface area contributed by atoms with Gasteiger partial charge in [0, 0.05) is 60.1 Å². The number of hydrogen-bond acceptors (Lipinski definition) is 6. The number of amides is 1. The molecule has 6 rings (SSSR count). The standard InChI is InChI=1S/C32H35ClFN5O3/c1-38-29-8-7-25(35-32(40)22-11-15-41-16-12-22)18-28(29)36-30(38)19-39-13-9-21(10-14-39)27-3-2-4-31(37-27)42-20-23-5-6-24(33)17-26(23)34/h2-8,17-18,21-22H,9-16,19-20H2,1H3,(H,35,40). The lowest BCUT2D eigenvalue weighted by Gasteiger charge is -2.31. The fourth-order valence-electron chi connectivity index (χ4n) is 5.79. The summed E-state index contributed by atoms with van der Waals surface area (Å²) in [5.41, 5.74) is 4.15. The minimum atomic E-state index is -0.385. The number of anilines is 1. The van der Waals surface area contributed by atoms with Gasteiger partial charge in [-0.3, -0.25) is 9.69 Å². The van der Waals surface area contributed by atoms with Gasteiger partial charge in [-0.15, -0.1) is 0 Å². The summed E-state index contributed by atoms with van der Waals surface area (Å²) >= 11 is 5.85. The van der Waals surface area contributed by atoms with Crippen LogP contribution in [0.3, 0.4) is 0 Å². The number of pyridine rings is 1. The molecule has 0 aliphatic carbocycles. The second-order valence-corrected chi connectivity index (χ2v) is 11.6. The average Bonchev–Trinajstić information content (AvgIpc) is 3.31. The number of benzene rings is 2. The van der Waals surface area contributed by atoms with Gasteiger partial charge in [-0.05, 0) is 75.2 Å². The van der Waals surface area contributed by atoms with Gasteiger partial charge in [0.2, 0.25) is 11.8 Å². The predicted molar refractivity (Wildman–Crippen MR) is 160 cm³/mol. The zero-order valence-corrected chi connectivity index (χ0v) is 24.4. The molecule has 0 atom stereocenters. The Labute approximate surface area is 249 Å². The Bertz CT molecular complexity index is 1560. The Morgan fingerprint density at radius 3 is 2.67 bits per heavy atom. The van der Waals surface area contributed by atoms with Crippen LogP contribution >= 0.6 is 11.6 Å². The number of aromatic nitrogens is 3. The van der Waals surface area contributed by atoms with Gasteiger partial charge in [-0.25, -0.2) is 14.4 Å². The molecule has 1 N–H and O–H groups in total. The van der Waals surface area contributed by atoms with Gasteiger partial charge in [0.25, 0.3) is 0 Å². The molecule has 0 saturated carbocycles. The van der Waals surface area contributed by atoms with Crippen LogP contribution in [0.2, 0.25) is 5.02 Å². The fourth-order valence-corrected chi connectivity index (χ4v) is 5.95. The molecule has 0 spiro atoms. The van der Waals surface area contributed by atoms with E-state index in [1.54, 1.807) is 18.2 Å². The fraction of sp³-hybridized carbons (Fsp3) is 0.406.